The molecule has 4 heteroatoms. The Labute approximate surface area is 116 Å². The number of methoxy groups -OCH3 is 2. The molecule has 0 heterocycles. The fraction of sp³-hybridized carbons (Fsp3) is 0.133. The smallest absolute Gasteiger partial charge is 0.338 e. The number of benzene rings is 2. The molecule has 0 saturated heterocycles. The molecule has 0 fully saturated rings. The third-order valence-corrected chi connectivity index (χ3v) is 2.97. The number of rotatable bonds is 3. The van der Waals surface area contributed by atoms with Crippen molar-refractivity contribution in [3.63, 3.8) is 0 Å². The lowest BCUT2D eigenvalue weighted by Crippen LogP contribution is -2.05. The summed E-state index contributed by atoms with van der Waals surface area (Å²) in [6, 6.07) is 12.8. The average molecular weight is 277 g/mol. The lowest BCUT2D eigenvalue weighted by molar-refractivity contribution is 0.0601. The fourth-order valence-corrected chi connectivity index (χ4v) is 2.12. The van der Waals surface area contributed by atoms with E-state index in [9.17, 15) is 4.79 Å². The molecule has 3 nitrogen and oxygen atoms in total. The highest BCUT2D eigenvalue weighted by Gasteiger charge is 2.19. The molecule has 0 spiro atoms. The molecule has 0 amide bonds. The summed E-state index contributed by atoms with van der Waals surface area (Å²) in [5, 5.41) is 0.428. The SMILES string of the molecule is COC(=O)c1cc(Cl)cc(OC)c1-c1ccccc1. The normalized spacial score (nSPS) is 10.1. The van der Waals surface area contributed by atoms with Crippen molar-refractivity contribution in [2.75, 3.05) is 14.2 Å². The lowest BCUT2D eigenvalue weighted by Gasteiger charge is -2.13. The maximum absolute atomic E-state index is 11.9. The maximum Gasteiger partial charge on any atom is 0.338 e. The molecule has 0 bridgehead atoms. The van der Waals surface area contributed by atoms with E-state index in [0.29, 0.717) is 21.9 Å². The summed E-state index contributed by atoms with van der Waals surface area (Å²) in [7, 11) is 2.88. The molecule has 19 heavy (non-hydrogen) atoms. The second-order valence-electron chi connectivity index (χ2n) is 3.89. The highest BCUT2D eigenvalue weighted by atomic mass is 35.5. The van der Waals surface area contributed by atoms with Gasteiger partial charge in [0, 0.05) is 10.6 Å². The molecule has 98 valence electrons. The second kappa shape index (κ2) is 5.76. The van der Waals surface area contributed by atoms with Crippen LogP contribution in [0, 0.1) is 0 Å². The monoisotopic (exact) mass is 276 g/mol. The average Bonchev–Trinajstić information content (AvgIpc) is 2.46. The summed E-state index contributed by atoms with van der Waals surface area (Å²) in [6.07, 6.45) is 0. The Morgan fingerprint density at radius 1 is 1.11 bits per heavy atom. The van der Waals surface area contributed by atoms with E-state index >= 15 is 0 Å². The standard InChI is InChI=1S/C15H13ClO3/c1-18-13-9-11(16)8-12(15(17)19-2)14(13)10-6-4-3-5-7-10/h3-9H,1-2H3. The van der Waals surface area contributed by atoms with Gasteiger partial charge in [0.2, 0.25) is 0 Å². The van der Waals surface area contributed by atoms with Crippen molar-refractivity contribution in [3.05, 3.63) is 53.1 Å². The minimum Gasteiger partial charge on any atom is -0.496 e. The molecule has 0 N–H and O–H groups in total. The molecule has 0 aliphatic rings. The number of halogens is 1. The fourth-order valence-electron chi connectivity index (χ4n) is 1.92. The van der Waals surface area contributed by atoms with Crippen molar-refractivity contribution in [3.8, 4) is 16.9 Å². The molecule has 0 atom stereocenters. The first-order valence-electron chi connectivity index (χ1n) is 5.68. The number of carbonyl (C=O) groups excluding carboxylic acids is 1. The van der Waals surface area contributed by atoms with Gasteiger partial charge in [-0.25, -0.2) is 4.79 Å². The molecule has 0 radical (unpaired) electrons. The van der Waals surface area contributed by atoms with Gasteiger partial charge in [0.15, 0.2) is 0 Å². The predicted octanol–water partition coefficient (Wildman–Crippen LogP) is 3.80. The highest BCUT2D eigenvalue weighted by molar-refractivity contribution is 6.31. The Balaban J connectivity index is 2.72. The van der Waals surface area contributed by atoms with Crippen LogP contribution in [0.5, 0.6) is 5.75 Å². The topological polar surface area (TPSA) is 35.5 Å². The number of carbonyl (C=O) groups is 1. The molecular formula is C15H13ClO3. The van der Waals surface area contributed by atoms with Gasteiger partial charge < -0.3 is 9.47 Å². The van der Waals surface area contributed by atoms with Crippen LogP contribution < -0.4 is 4.74 Å². The Bertz CT molecular complexity index is 594. The van der Waals surface area contributed by atoms with E-state index in [4.69, 9.17) is 21.1 Å². The van der Waals surface area contributed by atoms with Gasteiger partial charge in [0.25, 0.3) is 0 Å². The summed E-state index contributed by atoms with van der Waals surface area (Å²) in [5.41, 5.74) is 1.94. The van der Waals surface area contributed by atoms with Gasteiger partial charge in [-0.05, 0) is 17.7 Å². The van der Waals surface area contributed by atoms with E-state index in [1.807, 2.05) is 30.3 Å². The minimum atomic E-state index is -0.445. The first-order valence-corrected chi connectivity index (χ1v) is 6.06. The van der Waals surface area contributed by atoms with Crippen molar-refractivity contribution in [2.45, 2.75) is 0 Å². The summed E-state index contributed by atoms with van der Waals surface area (Å²) in [5.74, 6) is 0.0961. The second-order valence-corrected chi connectivity index (χ2v) is 4.32. The van der Waals surface area contributed by atoms with Gasteiger partial charge in [-0.2, -0.15) is 0 Å². The van der Waals surface area contributed by atoms with Crippen LogP contribution in [0.2, 0.25) is 5.02 Å². The molecular weight excluding hydrogens is 264 g/mol. The van der Waals surface area contributed by atoms with Crippen molar-refractivity contribution < 1.29 is 14.3 Å². The first kappa shape index (κ1) is 13.4. The number of hydrogen-bond acceptors (Lipinski definition) is 3. The van der Waals surface area contributed by atoms with Gasteiger partial charge in [0.05, 0.1) is 19.8 Å². The van der Waals surface area contributed by atoms with E-state index < -0.39 is 5.97 Å². The molecule has 2 rings (SSSR count). The van der Waals surface area contributed by atoms with Crippen molar-refractivity contribution in [1.29, 1.82) is 0 Å². The van der Waals surface area contributed by atoms with Crippen molar-refractivity contribution in [2.24, 2.45) is 0 Å². The number of hydrogen-bond donors (Lipinski definition) is 0. The van der Waals surface area contributed by atoms with Crippen LogP contribution in [-0.4, -0.2) is 20.2 Å². The Hall–Kier alpha value is -2.00. The zero-order chi connectivity index (χ0) is 13.8. The van der Waals surface area contributed by atoms with Gasteiger partial charge in [0.1, 0.15) is 5.75 Å². The highest BCUT2D eigenvalue weighted by Crippen LogP contribution is 2.36. The lowest BCUT2D eigenvalue weighted by atomic mass is 9.98. The molecule has 0 aromatic heterocycles. The molecule has 2 aromatic carbocycles. The summed E-state index contributed by atoms with van der Waals surface area (Å²) in [4.78, 5) is 11.9. The summed E-state index contributed by atoms with van der Waals surface area (Å²) in [6.45, 7) is 0. The molecule has 0 aliphatic heterocycles. The van der Waals surface area contributed by atoms with Crippen LogP contribution in [-0.2, 0) is 4.74 Å². The third kappa shape index (κ3) is 2.71. The maximum atomic E-state index is 11.9. The zero-order valence-corrected chi connectivity index (χ0v) is 11.4. The largest absolute Gasteiger partial charge is 0.496 e. The van der Waals surface area contributed by atoms with Crippen LogP contribution in [0.4, 0.5) is 0 Å². The van der Waals surface area contributed by atoms with E-state index in [2.05, 4.69) is 0 Å². The molecule has 0 saturated carbocycles. The van der Waals surface area contributed by atoms with Crippen LogP contribution in [0.3, 0.4) is 0 Å². The quantitative estimate of drug-likeness (QED) is 0.800. The van der Waals surface area contributed by atoms with Crippen molar-refractivity contribution >= 4 is 17.6 Å². The van der Waals surface area contributed by atoms with E-state index in [1.54, 1.807) is 19.2 Å². The first-order chi connectivity index (χ1) is 9.17. The van der Waals surface area contributed by atoms with Crippen LogP contribution in [0.25, 0.3) is 11.1 Å². The van der Waals surface area contributed by atoms with Gasteiger partial charge >= 0.3 is 5.97 Å². The number of esters is 1. The van der Waals surface area contributed by atoms with Crippen molar-refractivity contribution in [1.82, 2.24) is 0 Å². The minimum absolute atomic E-state index is 0.387. The van der Waals surface area contributed by atoms with Gasteiger partial charge in [-0.3, -0.25) is 0 Å². The third-order valence-electron chi connectivity index (χ3n) is 2.75. The summed E-state index contributed by atoms with van der Waals surface area (Å²) < 4.78 is 10.1. The molecule has 2 aromatic rings. The number of ether oxygens (including phenoxy) is 2. The van der Waals surface area contributed by atoms with E-state index in [-0.39, 0.29) is 0 Å². The van der Waals surface area contributed by atoms with Crippen LogP contribution in [0.15, 0.2) is 42.5 Å². The summed E-state index contributed by atoms with van der Waals surface area (Å²) >= 11 is 6.00. The van der Waals surface area contributed by atoms with E-state index in [1.165, 1.54) is 7.11 Å². The Morgan fingerprint density at radius 2 is 1.79 bits per heavy atom. The molecule has 0 unspecified atom stereocenters. The molecule has 0 aliphatic carbocycles. The van der Waals surface area contributed by atoms with Gasteiger partial charge in [-0.15, -0.1) is 0 Å². The van der Waals surface area contributed by atoms with Crippen LogP contribution in [0.1, 0.15) is 10.4 Å². The predicted molar refractivity (Wildman–Crippen MR) is 74.8 cm³/mol. The Morgan fingerprint density at radius 3 is 2.37 bits per heavy atom. The zero-order valence-electron chi connectivity index (χ0n) is 10.6. The van der Waals surface area contributed by atoms with Gasteiger partial charge in [-0.1, -0.05) is 41.9 Å². The Kier molecular flexibility index (Phi) is 4.07. The van der Waals surface area contributed by atoms with Crippen LogP contribution >= 0.6 is 11.6 Å². The van der Waals surface area contributed by atoms with E-state index in [0.717, 1.165) is 5.56 Å².